The molecule has 31 heavy (non-hydrogen) atoms. The van der Waals surface area contributed by atoms with Crippen LogP contribution in [0.2, 0.25) is 0 Å². The van der Waals surface area contributed by atoms with E-state index in [4.69, 9.17) is 4.74 Å². The van der Waals surface area contributed by atoms with Crippen LogP contribution < -0.4 is 16.0 Å². The van der Waals surface area contributed by atoms with Gasteiger partial charge in [-0.05, 0) is 63.2 Å². The molecule has 0 aromatic carbocycles. The van der Waals surface area contributed by atoms with Gasteiger partial charge in [-0.25, -0.2) is 4.79 Å². The number of nitrogens with zero attached hydrogens (tertiary/aromatic N) is 1. The summed E-state index contributed by atoms with van der Waals surface area (Å²) in [6, 6.07) is -0.460. The molecule has 2 saturated heterocycles. The number of hydrogen-bond acceptors (Lipinski definition) is 5. The van der Waals surface area contributed by atoms with E-state index in [1.165, 1.54) is 0 Å². The van der Waals surface area contributed by atoms with E-state index in [0.29, 0.717) is 25.6 Å². The van der Waals surface area contributed by atoms with Crippen LogP contribution in [-0.2, 0) is 19.1 Å². The average molecular weight is 435 g/mol. The monoisotopic (exact) mass is 434 g/mol. The molecule has 4 aliphatic rings. The number of carbonyl (C=O) groups excluding carboxylic acids is 4. The van der Waals surface area contributed by atoms with Gasteiger partial charge >= 0.3 is 6.03 Å². The fourth-order valence-electron chi connectivity index (χ4n) is 5.76. The Hall–Kier alpha value is -2.16. The third kappa shape index (κ3) is 5.02. The minimum absolute atomic E-state index is 0.0311. The molecule has 0 bridgehead atoms. The number of ether oxygens (including phenoxy) is 1. The molecule has 0 aromatic heterocycles. The van der Waals surface area contributed by atoms with Crippen molar-refractivity contribution in [2.45, 2.75) is 76.0 Å². The van der Waals surface area contributed by atoms with Gasteiger partial charge in [-0.15, -0.1) is 0 Å². The number of likely N-dealkylation sites (tertiary alicyclic amines) is 1. The quantitative estimate of drug-likeness (QED) is 0.557. The molecule has 172 valence electrons. The van der Waals surface area contributed by atoms with Gasteiger partial charge in [-0.1, -0.05) is 0 Å². The molecule has 2 aliphatic carbocycles. The van der Waals surface area contributed by atoms with Crippen LogP contribution in [0, 0.1) is 17.8 Å². The van der Waals surface area contributed by atoms with Crippen LogP contribution in [0.25, 0.3) is 0 Å². The zero-order chi connectivity index (χ0) is 22.0. The van der Waals surface area contributed by atoms with Gasteiger partial charge in [0.1, 0.15) is 6.04 Å². The first-order valence-electron chi connectivity index (χ1n) is 11.7. The van der Waals surface area contributed by atoms with E-state index in [1.54, 1.807) is 12.0 Å². The maximum Gasteiger partial charge on any atom is 0.315 e. The number of imide groups is 1. The first-order valence-corrected chi connectivity index (χ1v) is 11.7. The van der Waals surface area contributed by atoms with Crippen molar-refractivity contribution in [1.82, 2.24) is 20.9 Å². The molecule has 9 heteroatoms. The molecule has 2 heterocycles. The first-order chi connectivity index (χ1) is 14.9. The highest BCUT2D eigenvalue weighted by Gasteiger charge is 2.48. The lowest BCUT2D eigenvalue weighted by Crippen LogP contribution is -2.53. The first kappa shape index (κ1) is 22.0. The number of piperidine rings is 1. The van der Waals surface area contributed by atoms with Crippen molar-refractivity contribution >= 4 is 23.8 Å². The normalized spacial score (nSPS) is 36.0. The molecule has 4 unspecified atom stereocenters. The van der Waals surface area contributed by atoms with Crippen molar-refractivity contribution in [1.29, 1.82) is 0 Å². The van der Waals surface area contributed by atoms with E-state index in [-0.39, 0.29) is 54.0 Å². The molecule has 0 radical (unpaired) electrons. The number of urea groups is 1. The Morgan fingerprint density at radius 2 is 1.87 bits per heavy atom. The van der Waals surface area contributed by atoms with E-state index in [1.807, 2.05) is 0 Å². The largest absolute Gasteiger partial charge is 0.381 e. The van der Waals surface area contributed by atoms with Gasteiger partial charge in [0.2, 0.25) is 17.7 Å². The number of rotatable bonds is 5. The zero-order valence-electron chi connectivity index (χ0n) is 18.2. The number of fused-ring (bicyclic) bond motifs is 1. The molecule has 4 rings (SSSR count). The van der Waals surface area contributed by atoms with E-state index in [2.05, 4.69) is 16.0 Å². The molecule has 0 aromatic rings. The standard InChI is InChI=1S/C22H34N4O5/c1-31-16-6-4-15(5-7-16)24-22(30)23-11-13-2-3-14-12-26(21(29)17(14)10-13)18-8-9-19(27)25-20(18)28/h13-18H,2-12H2,1H3,(H2,23,24,30)(H,25,27,28). The summed E-state index contributed by atoms with van der Waals surface area (Å²) in [5, 5.41) is 8.42. The van der Waals surface area contributed by atoms with Crippen LogP contribution in [0.5, 0.6) is 0 Å². The third-order valence-electron chi connectivity index (χ3n) is 7.61. The molecule has 2 aliphatic heterocycles. The summed E-state index contributed by atoms with van der Waals surface area (Å²) in [5.74, 6) is -0.137. The number of carbonyl (C=O) groups is 4. The smallest absolute Gasteiger partial charge is 0.315 e. The number of amides is 5. The second-order valence-corrected chi connectivity index (χ2v) is 9.57. The molecule has 2 saturated carbocycles. The zero-order valence-corrected chi connectivity index (χ0v) is 18.2. The van der Waals surface area contributed by atoms with E-state index < -0.39 is 6.04 Å². The van der Waals surface area contributed by atoms with Gasteiger partial charge in [0.15, 0.2) is 0 Å². The predicted octanol–water partition coefficient (Wildman–Crippen LogP) is 0.923. The lowest BCUT2D eigenvalue weighted by Gasteiger charge is -2.31. The minimum Gasteiger partial charge on any atom is -0.381 e. The molecule has 4 atom stereocenters. The number of methoxy groups -OCH3 is 1. The molecule has 3 N–H and O–H groups in total. The lowest BCUT2D eigenvalue weighted by molar-refractivity contribution is -0.144. The Bertz CT molecular complexity index is 721. The third-order valence-corrected chi connectivity index (χ3v) is 7.61. The van der Waals surface area contributed by atoms with Crippen molar-refractivity contribution in [3.8, 4) is 0 Å². The van der Waals surface area contributed by atoms with Gasteiger partial charge in [0.25, 0.3) is 0 Å². The maximum atomic E-state index is 13.0. The summed E-state index contributed by atoms with van der Waals surface area (Å²) < 4.78 is 5.37. The van der Waals surface area contributed by atoms with Crippen LogP contribution in [0.1, 0.15) is 57.8 Å². The van der Waals surface area contributed by atoms with Gasteiger partial charge in [0, 0.05) is 38.6 Å². The van der Waals surface area contributed by atoms with Crippen LogP contribution in [-0.4, -0.2) is 67.0 Å². The highest BCUT2D eigenvalue weighted by molar-refractivity contribution is 6.02. The highest BCUT2D eigenvalue weighted by Crippen LogP contribution is 2.41. The Morgan fingerprint density at radius 1 is 1.10 bits per heavy atom. The summed E-state index contributed by atoms with van der Waals surface area (Å²) in [6.45, 7) is 1.16. The Kier molecular flexibility index (Phi) is 6.79. The second-order valence-electron chi connectivity index (χ2n) is 9.57. The van der Waals surface area contributed by atoms with Crippen molar-refractivity contribution in [2.75, 3.05) is 20.2 Å². The fraction of sp³-hybridized carbons (Fsp3) is 0.818. The van der Waals surface area contributed by atoms with Crippen LogP contribution >= 0.6 is 0 Å². The van der Waals surface area contributed by atoms with Crippen molar-refractivity contribution in [3.05, 3.63) is 0 Å². The predicted molar refractivity (Wildman–Crippen MR) is 112 cm³/mol. The van der Waals surface area contributed by atoms with E-state index in [9.17, 15) is 19.2 Å². The summed E-state index contributed by atoms with van der Waals surface area (Å²) in [5.41, 5.74) is 0. The Morgan fingerprint density at radius 3 is 2.58 bits per heavy atom. The van der Waals surface area contributed by atoms with Crippen LogP contribution in [0.15, 0.2) is 0 Å². The summed E-state index contributed by atoms with van der Waals surface area (Å²) in [4.78, 5) is 50.6. The summed E-state index contributed by atoms with van der Waals surface area (Å²) >= 11 is 0. The molecule has 4 fully saturated rings. The SMILES string of the molecule is COC1CCC(NC(=O)NCC2CCC3CN(C4CCC(=O)NC4=O)C(=O)C3C2)CC1. The van der Waals surface area contributed by atoms with Gasteiger partial charge < -0.3 is 20.3 Å². The summed E-state index contributed by atoms with van der Waals surface area (Å²) in [7, 11) is 1.74. The highest BCUT2D eigenvalue weighted by atomic mass is 16.5. The van der Waals surface area contributed by atoms with Crippen LogP contribution in [0.3, 0.4) is 0 Å². The molecule has 5 amide bonds. The summed E-state index contributed by atoms with van der Waals surface area (Å²) in [6.07, 6.45) is 7.45. The fourth-order valence-corrected chi connectivity index (χ4v) is 5.76. The number of nitrogens with one attached hydrogen (secondary N) is 3. The van der Waals surface area contributed by atoms with Crippen molar-refractivity contribution in [3.63, 3.8) is 0 Å². The van der Waals surface area contributed by atoms with Gasteiger partial charge in [-0.3, -0.25) is 19.7 Å². The number of hydrogen-bond donors (Lipinski definition) is 3. The van der Waals surface area contributed by atoms with E-state index >= 15 is 0 Å². The average Bonchev–Trinajstić information content (AvgIpc) is 3.08. The molecule has 0 spiro atoms. The molecular formula is C22H34N4O5. The second kappa shape index (κ2) is 9.54. The van der Waals surface area contributed by atoms with Crippen molar-refractivity contribution < 1.29 is 23.9 Å². The minimum atomic E-state index is -0.522. The maximum absolute atomic E-state index is 13.0. The molecular weight excluding hydrogens is 400 g/mol. The molecule has 9 nitrogen and oxygen atoms in total. The van der Waals surface area contributed by atoms with Gasteiger partial charge in [-0.2, -0.15) is 0 Å². The van der Waals surface area contributed by atoms with Crippen LogP contribution in [0.4, 0.5) is 4.79 Å². The lowest BCUT2D eigenvalue weighted by atomic mass is 9.75. The van der Waals surface area contributed by atoms with Gasteiger partial charge in [0.05, 0.1) is 6.10 Å². The Balaban J connectivity index is 1.22. The Labute approximate surface area is 183 Å². The topological polar surface area (TPSA) is 117 Å². The van der Waals surface area contributed by atoms with Crippen molar-refractivity contribution in [2.24, 2.45) is 17.8 Å². The van der Waals surface area contributed by atoms with E-state index in [0.717, 1.165) is 44.9 Å².